The van der Waals surface area contributed by atoms with Gasteiger partial charge in [-0.2, -0.15) is 4.98 Å². The molecule has 0 aromatic carbocycles. The van der Waals surface area contributed by atoms with E-state index in [1.54, 1.807) is 6.20 Å². The number of alkyl carbamates (subject to hydrolysis) is 1. The molecule has 2 amide bonds. The third-order valence-electron chi connectivity index (χ3n) is 7.81. The topological polar surface area (TPSA) is 161 Å². The van der Waals surface area contributed by atoms with Crippen LogP contribution in [0.25, 0.3) is 22.5 Å². The van der Waals surface area contributed by atoms with Gasteiger partial charge in [0.1, 0.15) is 11.2 Å². The standard InChI is InChI=1S/C25H31N7O4/c1-24(2,3)35-23(34)31-25-8-12-6-13(9-25)17(14(7-12)10-25)29-18-15-4-5-27-20(15)28-11-16(18)22-30-21(19(26)33)32-36-22/h4-5,11-14,17H,6-10H2,1-3H3,(H2,26,33)(H,31,34)(H2,27,28,29). The number of anilines is 1. The highest BCUT2D eigenvalue weighted by Crippen LogP contribution is 2.56. The predicted molar refractivity (Wildman–Crippen MR) is 131 cm³/mol. The summed E-state index contributed by atoms with van der Waals surface area (Å²) in [7, 11) is 0. The first-order valence-corrected chi connectivity index (χ1v) is 12.5. The van der Waals surface area contributed by atoms with Crippen LogP contribution < -0.4 is 16.4 Å². The van der Waals surface area contributed by atoms with Gasteiger partial charge in [0, 0.05) is 29.4 Å². The van der Waals surface area contributed by atoms with E-state index in [0.29, 0.717) is 23.3 Å². The predicted octanol–water partition coefficient (Wildman–Crippen LogP) is 3.60. The minimum Gasteiger partial charge on any atom is -0.444 e. The normalized spacial score (nSPS) is 28.9. The van der Waals surface area contributed by atoms with Gasteiger partial charge in [-0.15, -0.1) is 0 Å². The maximum Gasteiger partial charge on any atom is 0.408 e. The fourth-order valence-corrected chi connectivity index (χ4v) is 6.86. The van der Waals surface area contributed by atoms with Crippen LogP contribution in [0.5, 0.6) is 0 Å². The van der Waals surface area contributed by atoms with Crippen molar-refractivity contribution < 1.29 is 18.8 Å². The SMILES string of the molecule is CC(C)(C)OC(=O)NC12CC3CC(C1)C(Nc1c(-c4nc(C(N)=O)no4)cnc4[nH]ccc14)C(C3)C2. The van der Waals surface area contributed by atoms with E-state index in [1.165, 1.54) is 0 Å². The molecule has 4 saturated carbocycles. The molecule has 3 aromatic rings. The molecule has 5 N–H and O–H groups in total. The number of carbonyl (C=O) groups is 2. The van der Waals surface area contributed by atoms with E-state index in [4.69, 9.17) is 15.0 Å². The Morgan fingerprint density at radius 1 is 1.22 bits per heavy atom. The van der Waals surface area contributed by atoms with E-state index in [2.05, 4.69) is 30.7 Å². The molecule has 0 aliphatic heterocycles. The van der Waals surface area contributed by atoms with Crippen LogP contribution >= 0.6 is 0 Å². The number of nitrogens with two attached hydrogens (primary N) is 1. The van der Waals surface area contributed by atoms with Crippen molar-refractivity contribution in [2.75, 3.05) is 5.32 Å². The molecule has 0 spiro atoms. The van der Waals surface area contributed by atoms with E-state index >= 15 is 0 Å². The fraction of sp³-hybridized carbons (Fsp3) is 0.560. The van der Waals surface area contributed by atoms with Gasteiger partial charge < -0.3 is 30.6 Å². The van der Waals surface area contributed by atoms with Crippen LogP contribution in [0.2, 0.25) is 0 Å². The number of aromatic nitrogens is 4. The van der Waals surface area contributed by atoms with E-state index in [9.17, 15) is 9.59 Å². The average Bonchev–Trinajstić information content (AvgIpc) is 3.43. The second-order valence-electron chi connectivity index (χ2n) is 11.6. The monoisotopic (exact) mass is 493 g/mol. The summed E-state index contributed by atoms with van der Waals surface area (Å²) in [5.74, 6) is 0.645. The molecule has 4 bridgehead atoms. The molecule has 11 nitrogen and oxygen atoms in total. The van der Waals surface area contributed by atoms with Crippen molar-refractivity contribution in [2.45, 2.75) is 70.1 Å². The van der Waals surface area contributed by atoms with Crippen molar-refractivity contribution >= 4 is 28.7 Å². The van der Waals surface area contributed by atoms with Crippen LogP contribution in [-0.4, -0.2) is 49.3 Å². The Hall–Kier alpha value is -3.63. The fourth-order valence-electron chi connectivity index (χ4n) is 6.86. The molecule has 3 heterocycles. The molecule has 3 aromatic heterocycles. The van der Waals surface area contributed by atoms with Crippen LogP contribution in [0, 0.1) is 17.8 Å². The Morgan fingerprint density at radius 3 is 2.64 bits per heavy atom. The number of nitrogens with zero attached hydrogens (tertiary/aromatic N) is 3. The zero-order valence-electron chi connectivity index (χ0n) is 20.6. The first-order chi connectivity index (χ1) is 17.1. The number of rotatable bonds is 5. The number of nitrogens with one attached hydrogen (secondary N) is 3. The highest BCUT2D eigenvalue weighted by Gasteiger charge is 2.56. The molecule has 0 radical (unpaired) electrons. The summed E-state index contributed by atoms with van der Waals surface area (Å²) in [4.78, 5) is 36.0. The number of hydrogen-bond acceptors (Lipinski definition) is 8. The lowest BCUT2D eigenvalue weighted by Gasteiger charge is -2.60. The average molecular weight is 494 g/mol. The second kappa shape index (κ2) is 7.94. The number of hydrogen-bond donors (Lipinski definition) is 4. The molecule has 190 valence electrons. The minimum absolute atomic E-state index is 0.171. The zero-order valence-corrected chi connectivity index (χ0v) is 20.6. The second-order valence-corrected chi connectivity index (χ2v) is 11.6. The van der Waals surface area contributed by atoms with E-state index in [-0.39, 0.29) is 29.4 Å². The molecule has 4 aliphatic rings. The number of aromatic amines is 1. The number of H-pyrrole nitrogens is 1. The number of pyridine rings is 1. The summed E-state index contributed by atoms with van der Waals surface area (Å²) in [5, 5.41) is 11.7. The number of primary amides is 1. The van der Waals surface area contributed by atoms with Gasteiger partial charge in [0.2, 0.25) is 0 Å². The van der Waals surface area contributed by atoms with Crippen molar-refractivity contribution in [1.29, 1.82) is 0 Å². The van der Waals surface area contributed by atoms with Gasteiger partial charge in [0.05, 0.1) is 11.3 Å². The molecule has 2 unspecified atom stereocenters. The molecular weight excluding hydrogens is 462 g/mol. The first-order valence-electron chi connectivity index (χ1n) is 12.5. The van der Waals surface area contributed by atoms with Gasteiger partial charge >= 0.3 is 6.09 Å². The maximum absolute atomic E-state index is 12.7. The van der Waals surface area contributed by atoms with Crippen molar-refractivity contribution in [1.82, 2.24) is 25.4 Å². The Kier molecular flexibility index (Phi) is 5.03. The lowest BCUT2D eigenvalue weighted by atomic mass is 9.51. The van der Waals surface area contributed by atoms with E-state index < -0.39 is 11.5 Å². The lowest BCUT2D eigenvalue weighted by Crippen LogP contribution is -2.65. The summed E-state index contributed by atoms with van der Waals surface area (Å²) < 4.78 is 11.0. The molecule has 11 heteroatoms. The minimum atomic E-state index is -0.751. The van der Waals surface area contributed by atoms with Crippen molar-refractivity contribution in [3.63, 3.8) is 0 Å². The summed E-state index contributed by atoms with van der Waals surface area (Å²) in [6.07, 6.45) is 8.23. The molecule has 0 saturated heterocycles. The molecule has 2 atom stereocenters. The van der Waals surface area contributed by atoms with Crippen molar-refractivity contribution in [3.8, 4) is 11.5 Å². The molecular formula is C25H31N7O4. The van der Waals surface area contributed by atoms with Crippen LogP contribution in [0.4, 0.5) is 10.5 Å². The van der Waals surface area contributed by atoms with Crippen molar-refractivity contribution in [3.05, 3.63) is 24.3 Å². The highest BCUT2D eigenvalue weighted by atomic mass is 16.6. The van der Waals surface area contributed by atoms with Crippen LogP contribution in [0.15, 0.2) is 23.0 Å². The Labute approximate surface area is 207 Å². The third kappa shape index (κ3) is 3.96. The van der Waals surface area contributed by atoms with Gasteiger partial charge in [-0.05, 0) is 76.7 Å². The number of fused-ring (bicyclic) bond motifs is 1. The molecule has 7 rings (SSSR count). The van der Waals surface area contributed by atoms with Gasteiger partial charge in [-0.25, -0.2) is 9.78 Å². The van der Waals surface area contributed by atoms with Gasteiger partial charge in [0.25, 0.3) is 17.6 Å². The van der Waals surface area contributed by atoms with Crippen LogP contribution in [0.3, 0.4) is 0 Å². The quantitative estimate of drug-likeness (QED) is 0.419. The highest BCUT2D eigenvalue weighted by molar-refractivity contribution is 5.97. The van der Waals surface area contributed by atoms with Crippen LogP contribution in [0.1, 0.15) is 63.5 Å². The van der Waals surface area contributed by atoms with Gasteiger partial charge in [0.15, 0.2) is 0 Å². The molecule has 36 heavy (non-hydrogen) atoms. The Bertz CT molecular complexity index is 1320. The zero-order chi connectivity index (χ0) is 25.2. The maximum atomic E-state index is 12.7. The molecule has 4 fully saturated rings. The third-order valence-corrected chi connectivity index (χ3v) is 7.81. The van der Waals surface area contributed by atoms with Crippen LogP contribution in [-0.2, 0) is 4.74 Å². The Morgan fingerprint density at radius 2 is 1.97 bits per heavy atom. The Balaban J connectivity index is 1.29. The van der Waals surface area contributed by atoms with Gasteiger partial charge in [-0.1, -0.05) is 5.16 Å². The van der Waals surface area contributed by atoms with Crippen molar-refractivity contribution in [2.24, 2.45) is 23.5 Å². The number of ether oxygens (including phenoxy) is 1. The lowest BCUT2D eigenvalue weighted by molar-refractivity contribution is -0.0348. The largest absolute Gasteiger partial charge is 0.444 e. The first kappa shape index (κ1) is 22.8. The van der Waals surface area contributed by atoms with E-state index in [1.807, 2.05) is 33.0 Å². The summed E-state index contributed by atoms with van der Waals surface area (Å²) in [5.41, 5.74) is 6.78. The summed E-state index contributed by atoms with van der Waals surface area (Å²) in [6, 6.07) is 2.18. The summed E-state index contributed by atoms with van der Waals surface area (Å²) in [6.45, 7) is 5.65. The van der Waals surface area contributed by atoms with Gasteiger partial charge in [-0.3, -0.25) is 4.79 Å². The smallest absolute Gasteiger partial charge is 0.408 e. The van der Waals surface area contributed by atoms with E-state index in [0.717, 1.165) is 48.8 Å². The summed E-state index contributed by atoms with van der Waals surface area (Å²) >= 11 is 0. The molecule has 4 aliphatic carbocycles. The number of carbonyl (C=O) groups excluding carboxylic acids is 2. The number of amides is 2.